The molecule has 0 unspecified atom stereocenters. The Balaban J connectivity index is 1.27. The molecule has 1 saturated heterocycles. The van der Waals surface area contributed by atoms with Gasteiger partial charge in [0.15, 0.2) is 6.29 Å². The normalized spacial score (nSPS) is 55.4. The van der Waals surface area contributed by atoms with E-state index in [4.69, 9.17) is 9.47 Å². The summed E-state index contributed by atoms with van der Waals surface area (Å²) in [5.41, 5.74) is 0.716. The van der Waals surface area contributed by atoms with E-state index in [1.165, 1.54) is 64.2 Å². The topological polar surface area (TPSA) is 38.7 Å². The van der Waals surface area contributed by atoms with Crippen LogP contribution in [-0.4, -0.2) is 30.2 Å². The molecule has 0 aromatic heterocycles. The maximum absolute atomic E-state index is 10.6. The Kier molecular flexibility index (Phi) is 4.89. The van der Waals surface area contributed by atoms with Crippen LogP contribution in [0.1, 0.15) is 90.9 Å². The molecular formula is C24H40O3. The number of aliphatic hydroxyl groups is 1. The number of fused-ring (bicyclic) bond motifs is 5. The van der Waals surface area contributed by atoms with Gasteiger partial charge in [0.05, 0.1) is 12.2 Å². The first-order valence-electron chi connectivity index (χ1n) is 12.0. The van der Waals surface area contributed by atoms with Crippen molar-refractivity contribution < 1.29 is 14.6 Å². The second-order valence-corrected chi connectivity index (χ2v) is 11.1. The molecule has 3 heteroatoms. The van der Waals surface area contributed by atoms with Gasteiger partial charge in [-0.1, -0.05) is 13.8 Å². The molecule has 154 valence electrons. The molecule has 0 spiro atoms. The summed E-state index contributed by atoms with van der Waals surface area (Å²) in [5.74, 6) is 3.35. The number of ether oxygens (including phenoxy) is 2. The summed E-state index contributed by atoms with van der Waals surface area (Å²) in [6.07, 6.45) is 15.5. The van der Waals surface area contributed by atoms with Crippen LogP contribution in [0, 0.1) is 34.5 Å². The van der Waals surface area contributed by atoms with Crippen LogP contribution in [0.25, 0.3) is 0 Å². The molecular weight excluding hydrogens is 336 g/mol. The molecule has 27 heavy (non-hydrogen) atoms. The van der Waals surface area contributed by atoms with Crippen LogP contribution in [-0.2, 0) is 9.47 Å². The van der Waals surface area contributed by atoms with Crippen molar-refractivity contribution in [1.82, 2.24) is 0 Å². The molecule has 5 fully saturated rings. The Hall–Kier alpha value is -0.120. The molecule has 0 aromatic rings. The SMILES string of the molecule is C[C@]12CC[C@H]3[C@@H](CC[C@H]4C[C@@H](O[C@@H]5CCCCO5)CC[C@@]43C)[C@H]1CC[C@@H]2O. The summed E-state index contributed by atoms with van der Waals surface area (Å²) in [4.78, 5) is 0. The minimum absolute atomic E-state index is 0.0476. The van der Waals surface area contributed by atoms with Crippen molar-refractivity contribution in [3.63, 3.8) is 0 Å². The molecule has 0 aromatic carbocycles. The van der Waals surface area contributed by atoms with E-state index in [0.29, 0.717) is 11.5 Å². The molecule has 9 atom stereocenters. The number of hydrogen-bond donors (Lipinski definition) is 1. The number of hydrogen-bond acceptors (Lipinski definition) is 3. The van der Waals surface area contributed by atoms with E-state index in [0.717, 1.165) is 43.1 Å². The van der Waals surface area contributed by atoms with Gasteiger partial charge >= 0.3 is 0 Å². The van der Waals surface area contributed by atoms with E-state index in [-0.39, 0.29) is 17.8 Å². The molecule has 0 amide bonds. The largest absolute Gasteiger partial charge is 0.393 e. The summed E-state index contributed by atoms with van der Waals surface area (Å²) < 4.78 is 12.3. The van der Waals surface area contributed by atoms with Gasteiger partial charge < -0.3 is 14.6 Å². The third-order valence-corrected chi connectivity index (χ3v) is 10.0. The van der Waals surface area contributed by atoms with E-state index in [1.807, 2.05) is 0 Å². The Bertz CT molecular complexity index is 544. The molecule has 1 N–H and O–H groups in total. The van der Waals surface area contributed by atoms with E-state index >= 15 is 0 Å². The highest BCUT2D eigenvalue weighted by atomic mass is 16.7. The Morgan fingerprint density at radius 3 is 2.48 bits per heavy atom. The van der Waals surface area contributed by atoms with Crippen molar-refractivity contribution in [2.24, 2.45) is 34.5 Å². The summed E-state index contributed by atoms with van der Waals surface area (Å²) in [5, 5.41) is 10.6. The molecule has 4 saturated carbocycles. The summed E-state index contributed by atoms with van der Waals surface area (Å²) >= 11 is 0. The Labute approximate surface area is 165 Å². The van der Waals surface area contributed by atoms with Crippen molar-refractivity contribution in [2.75, 3.05) is 6.61 Å². The Morgan fingerprint density at radius 1 is 0.852 bits per heavy atom. The molecule has 0 radical (unpaired) electrons. The van der Waals surface area contributed by atoms with Crippen molar-refractivity contribution in [2.45, 2.75) is 109 Å². The van der Waals surface area contributed by atoms with Crippen molar-refractivity contribution in [1.29, 1.82) is 0 Å². The molecule has 5 aliphatic rings. The van der Waals surface area contributed by atoms with Crippen molar-refractivity contribution in [3.05, 3.63) is 0 Å². The lowest BCUT2D eigenvalue weighted by atomic mass is 9.45. The zero-order valence-corrected chi connectivity index (χ0v) is 17.5. The smallest absolute Gasteiger partial charge is 0.157 e. The van der Waals surface area contributed by atoms with Gasteiger partial charge in [0.25, 0.3) is 0 Å². The molecule has 0 bridgehead atoms. The highest BCUT2D eigenvalue weighted by molar-refractivity contribution is 5.09. The number of rotatable bonds is 2. The maximum Gasteiger partial charge on any atom is 0.157 e. The lowest BCUT2D eigenvalue weighted by molar-refractivity contribution is -0.212. The summed E-state index contributed by atoms with van der Waals surface area (Å²) in [6.45, 7) is 5.90. The first kappa shape index (κ1) is 18.9. The number of aliphatic hydroxyl groups excluding tert-OH is 1. The minimum atomic E-state index is -0.0476. The predicted octanol–water partition coefficient (Wildman–Crippen LogP) is 5.30. The fourth-order valence-electron chi connectivity index (χ4n) is 8.35. The van der Waals surface area contributed by atoms with E-state index in [9.17, 15) is 5.11 Å². The molecule has 1 heterocycles. The minimum Gasteiger partial charge on any atom is -0.393 e. The zero-order chi connectivity index (χ0) is 18.6. The zero-order valence-electron chi connectivity index (χ0n) is 17.5. The average Bonchev–Trinajstić information content (AvgIpc) is 2.98. The van der Waals surface area contributed by atoms with Gasteiger partial charge in [0, 0.05) is 6.61 Å². The summed E-state index contributed by atoms with van der Waals surface area (Å²) in [6, 6.07) is 0. The molecule has 1 aliphatic heterocycles. The first-order valence-corrected chi connectivity index (χ1v) is 12.0. The second-order valence-electron chi connectivity index (χ2n) is 11.1. The third kappa shape index (κ3) is 3.02. The first-order chi connectivity index (χ1) is 13.0. The predicted molar refractivity (Wildman–Crippen MR) is 106 cm³/mol. The van der Waals surface area contributed by atoms with Gasteiger partial charge in [-0.25, -0.2) is 0 Å². The molecule has 3 nitrogen and oxygen atoms in total. The fraction of sp³-hybridized carbons (Fsp3) is 1.00. The van der Waals surface area contributed by atoms with Gasteiger partial charge in [-0.3, -0.25) is 0 Å². The van der Waals surface area contributed by atoms with Crippen LogP contribution in [0.5, 0.6) is 0 Å². The van der Waals surface area contributed by atoms with Gasteiger partial charge in [0.1, 0.15) is 0 Å². The van der Waals surface area contributed by atoms with Crippen molar-refractivity contribution in [3.8, 4) is 0 Å². The van der Waals surface area contributed by atoms with E-state index < -0.39 is 0 Å². The van der Waals surface area contributed by atoms with Gasteiger partial charge in [-0.05, 0) is 112 Å². The Morgan fingerprint density at radius 2 is 1.67 bits per heavy atom. The van der Waals surface area contributed by atoms with Crippen molar-refractivity contribution >= 4 is 0 Å². The van der Waals surface area contributed by atoms with E-state index in [1.54, 1.807) is 0 Å². The third-order valence-electron chi connectivity index (χ3n) is 10.0. The van der Waals surface area contributed by atoms with Crippen LogP contribution in [0.15, 0.2) is 0 Å². The average molecular weight is 377 g/mol. The maximum atomic E-state index is 10.6. The second kappa shape index (κ2) is 6.99. The fourth-order valence-corrected chi connectivity index (χ4v) is 8.35. The van der Waals surface area contributed by atoms with Crippen LogP contribution >= 0.6 is 0 Å². The van der Waals surface area contributed by atoms with Crippen LogP contribution in [0.3, 0.4) is 0 Å². The van der Waals surface area contributed by atoms with Crippen LogP contribution in [0.4, 0.5) is 0 Å². The molecule has 5 rings (SSSR count). The quantitative estimate of drug-likeness (QED) is 0.665. The standard InChI is InChI=1S/C24H40O3/c1-23-12-10-17(27-22-5-3-4-14-26-22)15-16(23)6-7-18-19-8-9-21(25)24(19,2)13-11-20(18)23/h16-22,25H,3-15H2,1-2H3/t16-,17-,18-,19+,20-,21-,22+,23-,24-/m0/s1. The monoisotopic (exact) mass is 376 g/mol. The van der Waals surface area contributed by atoms with Gasteiger partial charge in [-0.2, -0.15) is 0 Å². The van der Waals surface area contributed by atoms with Crippen LogP contribution in [0.2, 0.25) is 0 Å². The van der Waals surface area contributed by atoms with Crippen LogP contribution < -0.4 is 0 Å². The highest BCUT2D eigenvalue weighted by Gasteiger charge is 2.60. The van der Waals surface area contributed by atoms with Gasteiger partial charge in [0.2, 0.25) is 0 Å². The van der Waals surface area contributed by atoms with E-state index in [2.05, 4.69) is 13.8 Å². The lowest BCUT2D eigenvalue weighted by Crippen LogP contribution is -2.54. The summed E-state index contributed by atoms with van der Waals surface area (Å²) in [7, 11) is 0. The lowest BCUT2D eigenvalue weighted by Gasteiger charge is -2.61. The highest BCUT2D eigenvalue weighted by Crippen LogP contribution is 2.66. The molecule has 4 aliphatic carbocycles. The van der Waals surface area contributed by atoms with Gasteiger partial charge in [-0.15, -0.1) is 0 Å².